The Hall–Kier alpha value is -2.56. The molecule has 3 rings (SSSR count). The van der Waals surface area contributed by atoms with Gasteiger partial charge in [0.15, 0.2) is 11.5 Å². The number of hydrogen-bond acceptors (Lipinski definition) is 4. The zero-order valence-electron chi connectivity index (χ0n) is 10.7. The molecule has 2 aromatic heterocycles. The van der Waals surface area contributed by atoms with E-state index < -0.39 is 0 Å². The van der Waals surface area contributed by atoms with Crippen LogP contribution in [0, 0.1) is 5.41 Å². The molecule has 0 atom stereocenters. The van der Waals surface area contributed by atoms with Crippen molar-refractivity contribution in [2.24, 2.45) is 0 Å². The van der Waals surface area contributed by atoms with Crippen molar-refractivity contribution in [1.82, 2.24) is 9.38 Å². The molecule has 0 fully saturated rings. The van der Waals surface area contributed by atoms with Crippen molar-refractivity contribution in [2.45, 2.75) is 0 Å². The van der Waals surface area contributed by atoms with Gasteiger partial charge >= 0.3 is 0 Å². The Kier molecular flexibility index (Phi) is 2.59. The molecule has 1 aromatic carbocycles. The van der Waals surface area contributed by atoms with Crippen LogP contribution in [-0.2, 0) is 0 Å². The average molecular weight is 255 g/mol. The molecule has 0 radical (unpaired) electrons. The molecule has 19 heavy (non-hydrogen) atoms. The highest BCUT2D eigenvalue weighted by Gasteiger charge is 2.13. The summed E-state index contributed by atoms with van der Waals surface area (Å²) in [7, 11) is 3.14. The van der Waals surface area contributed by atoms with E-state index in [-0.39, 0.29) is 0 Å². The lowest BCUT2D eigenvalue weighted by Crippen LogP contribution is -2.16. The number of aromatic nitrogens is 2. The molecule has 3 aromatic rings. The summed E-state index contributed by atoms with van der Waals surface area (Å²) >= 11 is 0. The minimum absolute atomic E-state index is 0.330. The Bertz CT molecular complexity index is 824. The second-order valence-corrected chi connectivity index (χ2v) is 4.08. The summed E-state index contributed by atoms with van der Waals surface area (Å²) in [6.07, 6.45) is 1.81. The molecule has 0 bridgehead atoms. The number of nitrogens with zero attached hydrogens (tertiary/aromatic N) is 2. The van der Waals surface area contributed by atoms with Gasteiger partial charge < -0.3 is 9.47 Å². The minimum Gasteiger partial charge on any atom is -0.493 e. The van der Waals surface area contributed by atoms with Crippen molar-refractivity contribution >= 4 is 16.6 Å². The van der Waals surface area contributed by atoms with Gasteiger partial charge in [-0.15, -0.1) is 0 Å². The molecule has 0 aliphatic rings. The summed E-state index contributed by atoms with van der Waals surface area (Å²) in [4.78, 5) is 4.53. The fraction of sp³-hybridized carbons (Fsp3) is 0.143. The lowest BCUT2D eigenvalue weighted by Gasteiger charge is -2.11. The lowest BCUT2D eigenvalue weighted by atomic mass is 10.2. The maximum atomic E-state index is 8.34. The van der Waals surface area contributed by atoms with Crippen LogP contribution in [0.1, 0.15) is 0 Å². The van der Waals surface area contributed by atoms with E-state index in [1.54, 1.807) is 24.7 Å². The maximum Gasteiger partial charge on any atom is 0.173 e. The van der Waals surface area contributed by atoms with Gasteiger partial charge in [0.05, 0.1) is 25.1 Å². The Morgan fingerprint density at radius 1 is 1.11 bits per heavy atom. The van der Waals surface area contributed by atoms with Crippen LogP contribution in [0.15, 0.2) is 36.5 Å². The van der Waals surface area contributed by atoms with Gasteiger partial charge in [0.2, 0.25) is 0 Å². The third kappa shape index (κ3) is 1.62. The quantitative estimate of drug-likeness (QED) is 0.712. The molecule has 0 amide bonds. The van der Waals surface area contributed by atoms with Crippen LogP contribution in [0.2, 0.25) is 0 Å². The maximum absolute atomic E-state index is 8.34. The smallest absolute Gasteiger partial charge is 0.173 e. The normalized spacial score (nSPS) is 10.8. The van der Waals surface area contributed by atoms with E-state index in [0.29, 0.717) is 27.9 Å². The lowest BCUT2D eigenvalue weighted by molar-refractivity contribution is 0.358. The van der Waals surface area contributed by atoms with E-state index >= 15 is 0 Å². The first-order chi connectivity index (χ1) is 9.26. The third-order valence-corrected chi connectivity index (χ3v) is 3.07. The molecule has 0 aliphatic carbocycles. The molecule has 5 nitrogen and oxygen atoms in total. The number of hydrogen-bond donors (Lipinski definition) is 1. The molecule has 96 valence electrons. The molecule has 5 heteroatoms. The van der Waals surface area contributed by atoms with Gasteiger partial charge in [0.25, 0.3) is 0 Å². The van der Waals surface area contributed by atoms with Crippen LogP contribution < -0.4 is 15.0 Å². The van der Waals surface area contributed by atoms with Gasteiger partial charge in [0, 0.05) is 6.20 Å². The number of fused-ring (bicyclic) bond motifs is 2. The Labute approximate surface area is 109 Å². The summed E-state index contributed by atoms with van der Waals surface area (Å²) < 4.78 is 12.4. The van der Waals surface area contributed by atoms with Crippen molar-refractivity contribution in [2.75, 3.05) is 14.2 Å². The van der Waals surface area contributed by atoms with E-state index in [2.05, 4.69) is 4.98 Å². The van der Waals surface area contributed by atoms with Crippen LogP contribution in [0.4, 0.5) is 0 Å². The van der Waals surface area contributed by atoms with Crippen molar-refractivity contribution in [3.8, 4) is 11.5 Å². The summed E-state index contributed by atoms with van der Waals surface area (Å²) in [5.41, 5.74) is 1.78. The first-order valence-electron chi connectivity index (χ1n) is 5.83. The first kappa shape index (κ1) is 11.5. The van der Waals surface area contributed by atoms with Gasteiger partial charge in [-0.3, -0.25) is 9.81 Å². The van der Waals surface area contributed by atoms with E-state index in [4.69, 9.17) is 14.9 Å². The number of rotatable bonds is 2. The van der Waals surface area contributed by atoms with Gasteiger partial charge in [0.1, 0.15) is 11.1 Å². The molecular formula is C14H13N3O2. The van der Waals surface area contributed by atoms with E-state index in [1.807, 2.05) is 30.5 Å². The second-order valence-electron chi connectivity index (χ2n) is 4.08. The van der Waals surface area contributed by atoms with Crippen molar-refractivity contribution in [3.63, 3.8) is 0 Å². The number of pyridine rings is 1. The molecule has 0 aliphatic heterocycles. The standard InChI is InChI=1S/C14H13N3O2/c1-18-10-7-6-9-12(13(10)19-2)14(15)17-8-4-3-5-11(17)16-9/h3-8,15H,1-2H3. The fourth-order valence-corrected chi connectivity index (χ4v) is 2.20. The van der Waals surface area contributed by atoms with Crippen LogP contribution in [0.3, 0.4) is 0 Å². The molecule has 0 saturated heterocycles. The van der Waals surface area contributed by atoms with Crippen LogP contribution in [0.5, 0.6) is 11.5 Å². The van der Waals surface area contributed by atoms with Crippen molar-refractivity contribution in [3.05, 3.63) is 42.0 Å². The molecule has 2 heterocycles. The Morgan fingerprint density at radius 3 is 2.68 bits per heavy atom. The number of nitrogens with one attached hydrogen (secondary N) is 1. The predicted octanol–water partition coefficient (Wildman–Crippen LogP) is 1.98. The third-order valence-electron chi connectivity index (χ3n) is 3.07. The fourth-order valence-electron chi connectivity index (χ4n) is 2.20. The van der Waals surface area contributed by atoms with Gasteiger partial charge in [-0.1, -0.05) is 6.07 Å². The SMILES string of the molecule is COc1ccc2nc3ccccn3c(=N)c2c1OC. The second kappa shape index (κ2) is 4.28. The summed E-state index contributed by atoms with van der Waals surface area (Å²) in [6.45, 7) is 0. The Morgan fingerprint density at radius 2 is 1.95 bits per heavy atom. The van der Waals surface area contributed by atoms with Crippen LogP contribution in [-0.4, -0.2) is 23.6 Å². The number of methoxy groups -OCH3 is 2. The molecule has 1 N–H and O–H groups in total. The van der Waals surface area contributed by atoms with Crippen molar-refractivity contribution in [1.29, 1.82) is 5.41 Å². The topological polar surface area (TPSA) is 59.6 Å². The molecule has 0 unspecified atom stereocenters. The largest absolute Gasteiger partial charge is 0.493 e. The van der Waals surface area contributed by atoms with Crippen LogP contribution in [0.25, 0.3) is 16.6 Å². The summed E-state index contributed by atoms with van der Waals surface area (Å²) in [6, 6.07) is 9.27. The van der Waals surface area contributed by atoms with Gasteiger partial charge in [-0.25, -0.2) is 4.98 Å². The van der Waals surface area contributed by atoms with E-state index in [9.17, 15) is 0 Å². The summed E-state index contributed by atoms with van der Waals surface area (Å²) in [5.74, 6) is 1.14. The molecule has 0 saturated carbocycles. The monoisotopic (exact) mass is 255 g/mol. The minimum atomic E-state index is 0.330. The van der Waals surface area contributed by atoms with Crippen molar-refractivity contribution < 1.29 is 9.47 Å². The highest BCUT2D eigenvalue weighted by atomic mass is 16.5. The molecular weight excluding hydrogens is 242 g/mol. The zero-order chi connectivity index (χ0) is 13.4. The van der Waals surface area contributed by atoms with Crippen LogP contribution >= 0.6 is 0 Å². The highest BCUT2D eigenvalue weighted by Crippen LogP contribution is 2.32. The predicted molar refractivity (Wildman–Crippen MR) is 71.7 cm³/mol. The van der Waals surface area contributed by atoms with E-state index in [1.165, 1.54) is 0 Å². The van der Waals surface area contributed by atoms with Gasteiger partial charge in [-0.2, -0.15) is 0 Å². The van der Waals surface area contributed by atoms with E-state index in [0.717, 1.165) is 5.65 Å². The molecule has 0 spiro atoms. The first-order valence-corrected chi connectivity index (χ1v) is 5.83. The zero-order valence-corrected chi connectivity index (χ0v) is 10.7. The highest BCUT2D eigenvalue weighted by molar-refractivity contribution is 5.88. The number of ether oxygens (including phenoxy) is 2. The van der Waals surface area contributed by atoms with Gasteiger partial charge in [-0.05, 0) is 24.3 Å². The number of benzene rings is 1. The Balaban J connectivity index is 2.56. The average Bonchev–Trinajstić information content (AvgIpc) is 2.46. The summed E-state index contributed by atoms with van der Waals surface area (Å²) in [5, 5.41) is 8.98.